The highest BCUT2D eigenvalue weighted by molar-refractivity contribution is 5.72. The Bertz CT molecular complexity index is 763. The number of rotatable bonds is 4. The van der Waals surface area contributed by atoms with Gasteiger partial charge in [0.15, 0.2) is 23.3 Å². The van der Waals surface area contributed by atoms with E-state index in [2.05, 4.69) is 0 Å². The smallest absolute Gasteiger partial charge is 0.200 e. The van der Waals surface area contributed by atoms with E-state index >= 15 is 0 Å². The van der Waals surface area contributed by atoms with E-state index in [9.17, 15) is 32.2 Å². The van der Waals surface area contributed by atoms with Crippen molar-refractivity contribution in [2.75, 3.05) is 0 Å². The maximum atomic E-state index is 13.6. The first-order valence-electron chi connectivity index (χ1n) is 7.02. The Morgan fingerprint density at radius 1 is 0.792 bits per heavy atom. The predicted molar refractivity (Wildman–Crippen MR) is 78.9 cm³/mol. The third-order valence-corrected chi connectivity index (χ3v) is 3.41. The second kappa shape index (κ2) is 6.90. The molecule has 2 N–H and O–H groups in total. The molecule has 2 rings (SSSR count). The van der Waals surface area contributed by atoms with E-state index in [-0.39, 0.29) is 17.1 Å². The molecule has 2 nitrogen and oxygen atoms in total. The predicted octanol–water partition coefficient (Wildman–Crippen LogP) is 4.92. The molecule has 0 amide bonds. The standard InChI is InChI=1S/C17H13F5O2/c1-2-3-9-11(23)6-8(7-12(9)24)4-5-10-13(18)15(20)17(22)16(21)14(10)19/h4-7,23-24H,2-3H2,1H3. The number of hydrogen-bond donors (Lipinski definition) is 2. The monoisotopic (exact) mass is 344 g/mol. The fourth-order valence-electron chi connectivity index (χ4n) is 2.21. The van der Waals surface area contributed by atoms with Crippen LogP contribution in [0.3, 0.4) is 0 Å². The van der Waals surface area contributed by atoms with E-state index in [4.69, 9.17) is 0 Å². The van der Waals surface area contributed by atoms with Gasteiger partial charge in [0, 0.05) is 5.56 Å². The molecule has 128 valence electrons. The molecule has 0 spiro atoms. The van der Waals surface area contributed by atoms with Gasteiger partial charge in [0.05, 0.1) is 5.56 Å². The zero-order valence-corrected chi connectivity index (χ0v) is 12.5. The molecule has 0 aliphatic carbocycles. The molecule has 0 aromatic heterocycles. The van der Waals surface area contributed by atoms with E-state index in [0.29, 0.717) is 24.5 Å². The summed E-state index contributed by atoms with van der Waals surface area (Å²) < 4.78 is 66.3. The number of aromatic hydroxyl groups is 2. The van der Waals surface area contributed by atoms with Gasteiger partial charge in [0.1, 0.15) is 11.5 Å². The van der Waals surface area contributed by atoms with Crippen LogP contribution in [-0.2, 0) is 6.42 Å². The maximum absolute atomic E-state index is 13.6. The van der Waals surface area contributed by atoms with Gasteiger partial charge >= 0.3 is 0 Å². The lowest BCUT2D eigenvalue weighted by atomic mass is 10.0. The van der Waals surface area contributed by atoms with Crippen LogP contribution in [0, 0.1) is 29.1 Å². The van der Waals surface area contributed by atoms with Crippen molar-refractivity contribution in [1.29, 1.82) is 0 Å². The lowest BCUT2D eigenvalue weighted by Crippen LogP contribution is -2.03. The van der Waals surface area contributed by atoms with Gasteiger partial charge < -0.3 is 10.2 Å². The van der Waals surface area contributed by atoms with Crippen molar-refractivity contribution in [3.8, 4) is 11.5 Å². The topological polar surface area (TPSA) is 40.5 Å². The van der Waals surface area contributed by atoms with Crippen molar-refractivity contribution < 1.29 is 32.2 Å². The number of phenols is 2. The lowest BCUT2D eigenvalue weighted by Gasteiger charge is -2.08. The summed E-state index contributed by atoms with van der Waals surface area (Å²) in [5.41, 5.74) is -0.664. The van der Waals surface area contributed by atoms with Crippen LogP contribution in [0.5, 0.6) is 11.5 Å². The highest BCUT2D eigenvalue weighted by atomic mass is 19.2. The van der Waals surface area contributed by atoms with Gasteiger partial charge in [-0.15, -0.1) is 0 Å². The quantitative estimate of drug-likeness (QED) is 0.358. The minimum absolute atomic E-state index is 0.133. The molecule has 0 bridgehead atoms. The number of phenolic OH excluding ortho intramolecular Hbond substituents is 2. The van der Waals surface area contributed by atoms with Crippen molar-refractivity contribution in [3.05, 3.63) is 57.9 Å². The van der Waals surface area contributed by atoms with Crippen molar-refractivity contribution in [2.24, 2.45) is 0 Å². The number of halogens is 5. The average molecular weight is 344 g/mol. The summed E-state index contributed by atoms with van der Waals surface area (Å²) in [6, 6.07) is 2.43. The molecule has 0 fully saturated rings. The molecule has 0 aliphatic rings. The van der Waals surface area contributed by atoms with Crippen LogP contribution in [0.4, 0.5) is 22.0 Å². The Morgan fingerprint density at radius 3 is 1.71 bits per heavy atom. The summed E-state index contributed by atoms with van der Waals surface area (Å²) >= 11 is 0. The maximum Gasteiger partial charge on any atom is 0.200 e. The Morgan fingerprint density at radius 2 is 1.25 bits per heavy atom. The fraction of sp³-hybridized carbons (Fsp3) is 0.176. The molecule has 7 heteroatoms. The second-order valence-corrected chi connectivity index (χ2v) is 5.10. The lowest BCUT2D eigenvalue weighted by molar-refractivity contribution is 0.377. The second-order valence-electron chi connectivity index (χ2n) is 5.10. The van der Waals surface area contributed by atoms with Crippen LogP contribution in [-0.4, -0.2) is 10.2 Å². The molecule has 0 saturated carbocycles. The van der Waals surface area contributed by atoms with Crippen LogP contribution >= 0.6 is 0 Å². The van der Waals surface area contributed by atoms with Gasteiger partial charge in [-0.25, -0.2) is 22.0 Å². The van der Waals surface area contributed by atoms with E-state index in [1.807, 2.05) is 6.92 Å². The van der Waals surface area contributed by atoms with E-state index < -0.39 is 34.6 Å². The largest absolute Gasteiger partial charge is 0.508 e. The van der Waals surface area contributed by atoms with Gasteiger partial charge in [-0.1, -0.05) is 19.4 Å². The molecule has 0 radical (unpaired) electrons. The first-order valence-corrected chi connectivity index (χ1v) is 7.02. The summed E-state index contributed by atoms with van der Waals surface area (Å²) in [5, 5.41) is 19.6. The number of benzene rings is 2. The summed E-state index contributed by atoms with van der Waals surface area (Å²) in [4.78, 5) is 0. The van der Waals surface area contributed by atoms with Crippen LogP contribution in [0.2, 0.25) is 0 Å². The van der Waals surface area contributed by atoms with Crippen molar-refractivity contribution in [2.45, 2.75) is 19.8 Å². The minimum Gasteiger partial charge on any atom is -0.508 e. The molecule has 2 aromatic rings. The SMILES string of the molecule is CCCc1c(O)cc(C=Cc2c(F)c(F)c(F)c(F)c2F)cc1O. The third kappa shape index (κ3) is 3.20. The summed E-state index contributed by atoms with van der Waals surface area (Å²) in [5.74, 6) is -10.7. The number of hydrogen-bond acceptors (Lipinski definition) is 2. The third-order valence-electron chi connectivity index (χ3n) is 3.41. The first-order chi connectivity index (χ1) is 11.3. The molecule has 0 aliphatic heterocycles. The van der Waals surface area contributed by atoms with Crippen molar-refractivity contribution in [1.82, 2.24) is 0 Å². The molecule has 0 atom stereocenters. The van der Waals surface area contributed by atoms with E-state index in [1.54, 1.807) is 0 Å². The molecular weight excluding hydrogens is 331 g/mol. The fourth-order valence-corrected chi connectivity index (χ4v) is 2.21. The normalized spacial score (nSPS) is 11.4. The van der Waals surface area contributed by atoms with Crippen molar-refractivity contribution in [3.63, 3.8) is 0 Å². The van der Waals surface area contributed by atoms with Crippen LogP contribution in [0.1, 0.15) is 30.0 Å². The Hall–Kier alpha value is -2.57. The molecule has 2 aromatic carbocycles. The summed E-state index contributed by atoms with van der Waals surface area (Å²) in [6.45, 7) is 1.84. The van der Waals surface area contributed by atoms with Crippen LogP contribution < -0.4 is 0 Å². The zero-order chi connectivity index (χ0) is 18.0. The molecule has 24 heavy (non-hydrogen) atoms. The van der Waals surface area contributed by atoms with Gasteiger partial charge in [-0.3, -0.25) is 0 Å². The Labute approximate surface area is 134 Å². The van der Waals surface area contributed by atoms with Gasteiger partial charge in [0.25, 0.3) is 0 Å². The first kappa shape index (κ1) is 17.8. The minimum atomic E-state index is -2.23. The average Bonchev–Trinajstić information content (AvgIpc) is 2.54. The highest BCUT2D eigenvalue weighted by Crippen LogP contribution is 2.31. The molecule has 0 heterocycles. The van der Waals surface area contributed by atoms with Crippen LogP contribution in [0.15, 0.2) is 12.1 Å². The van der Waals surface area contributed by atoms with E-state index in [1.165, 1.54) is 12.1 Å². The summed E-state index contributed by atoms with van der Waals surface area (Å²) in [7, 11) is 0. The van der Waals surface area contributed by atoms with E-state index in [0.717, 1.165) is 6.08 Å². The van der Waals surface area contributed by atoms with Crippen LogP contribution in [0.25, 0.3) is 12.2 Å². The highest BCUT2D eigenvalue weighted by Gasteiger charge is 2.24. The van der Waals surface area contributed by atoms with Gasteiger partial charge in [-0.2, -0.15) is 0 Å². The molecular formula is C17H13F5O2. The van der Waals surface area contributed by atoms with Gasteiger partial charge in [0.2, 0.25) is 5.82 Å². The Kier molecular flexibility index (Phi) is 5.11. The molecule has 0 saturated heterocycles. The zero-order valence-electron chi connectivity index (χ0n) is 12.5. The van der Waals surface area contributed by atoms with Crippen molar-refractivity contribution >= 4 is 12.2 Å². The van der Waals surface area contributed by atoms with Gasteiger partial charge in [-0.05, 0) is 30.2 Å². The molecule has 0 unspecified atom stereocenters. The Balaban J connectivity index is 2.46. The summed E-state index contributed by atoms with van der Waals surface area (Å²) in [6.07, 6.45) is 2.79.